The van der Waals surface area contributed by atoms with Gasteiger partial charge in [-0.2, -0.15) is 11.8 Å². The highest BCUT2D eigenvalue weighted by atomic mass is 32.2. The average Bonchev–Trinajstić information content (AvgIpc) is 3.13. The second kappa shape index (κ2) is 7.52. The first kappa shape index (κ1) is 17.2. The summed E-state index contributed by atoms with van der Waals surface area (Å²) in [5.74, 6) is 0.771. The zero-order valence-corrected chi connectivity index (χ0v) is 14.9. The topological polar surface area (TPSA) is 81.8 Å². The van der Waals surface area contributed by atoms with Crippen molar-refractivity contribution in [1.82, 2.24) is 19.6 Å². The molecule has 7 nitrogen and oxygen atoms in total. The first-order valence-corrected chi connectivity index (χ1v) is 9.25. The van der Waals surface area contributed by atoms with E-state index in [1.807, 2.05) is 35.3 Å². The lowest BCUT2D eigenvalue weighted by Gasteiger charge is -2.18. The van der Waals surface area contributed by atoms with Gasteiger partial charge in [-0.15, -0.1) is 5.10 Å². The van der Waals surface area contributed by atoms with Crippen molar-refractivity contribution < 1.29 is 4.79 Å². The molecule has 0 fully saturated rings. The van der Waals surface area contributed by atoms with Crippen molar-refractivity contribution in [1.29, 1.82) is 0 Å². The molecule has 0 spiro atoms. The Morgan fingerprint density at radius 2 is 2.08 bits per heavy atom. The third kappa shape index (κ3) is 3.74. The molecule has 1 N–H and O–H groups in total. The first-order valence-electron chi connectivity index (χ1n) is 7.86. The van der Waals surface area contributed by atoms with Crippen LogP contribution < -0.4 is 10.9 Å². The third-order valence-electron chi connectivity index (χ3n) is 3.96. The summed E-state index contributed by atoms with van der Waals surface area (Å²) < 4.78 is 3.08. The molecule has 0 radical (unpaired) electrons. The molecule has 2 aromatic heterocycles. The van der Waals surface area contributed by atoms with Gasteiger partial charge in [-0.3, -0.25) is 9.59 Å². The number of amides is 1. The molecule has 0 saturated carbocycles. The van der Waals surface area contributed by atoms with Gasteiger partial charge in [-0.05, 0) is 48.8 Å². The fourth-order valence-electron chi connectivity index (χ4n) is 2.63. The Hall–Kier alpha value is -2.61. The van der Waals surface area contributed by atoms with Crippen LogP contribution in [0.4, 0.5) is 5.69 Å². The van der Waals surface area contributed by atoms with Crippen molar-refractivity contribution in [2.75, 3.05) is 17.3 Å². The van der Waals surface area contributed by atoms with E-state index in [1.165, 1.54) is 4.68 Å². The molecule has 25 heavy (non-hydrogen) atoms. The lowest BCUT2D eigenvalue weighted by atomic mass is 10.2. The molecule has 0 aliphatic heterocycles. The largest absolute Gasteiger partial charge is 0.342 e. The fraction of sp³-hybridized carbons (Fsp3) is 0.294. The van der Waals surface area contributed by atoms with Gasteiger partial charge in [-0.25, -0.2) is 4.68 Å². The Balaban J connectivity index is 1.87. The molecule has 2 heterocycles. The molecule has 3 rings (SSSR count). The highest BCUT2D eigenvalue weighted by Crippen LogP contribution is 2.19. The van der Waals surface area contributed by atoms with Gasteiger partial charge in [-0.1, -0.05) is 5.21 Å². The first-order chi connectivity index (χ1) is 12.1. The number of nitrogens with one attached hydrogen (secondary N) is 1. The maximum Gasteiger partial charge on any atom is 0.277 e. The van der Waals surface area contributed by atoms with E-state index in [0.29, 0.717) is 16.6 Å². The van der Waals surface area contributed by atoms with E-state index in [0.717, 1.165) is 12.2 Å². The van der Waals surface area contributed by atoms with E-state index in [4.69, 9.17) is 0 Å². The maximum absolute atomic E-state index is 12.8. The molecule has 0 unspecified atom stereocenters. The van der Waals surface area contributed by atoms with Crippen molar-refractivity contribution in [3.63, 3.8) is 0 Å². The second-order valence-electron chi connectivity index (χ2n) is 5.67. The number of hydrogen-bond donors (Lipinski definition) is 1. The van der Waals surface area contributed by atoms with Crippen LogP contribution in [0.1, 0.15) is 12.5 Å². The number of carbonyl (C=O) groups is 1. The Bertz CT molecular complexity index is 936. The number of carbonyl (C=O) groups excluding carboxylic acids is 1. The van der Waals surface area contributed by atoms with Gasteiger partial charge in [0.1, 0.15) is 11.6 Å². The van der Waals surface area contributed by atoms with Gasteiger partial charge in [0.2, 0.25) is 5.91 Å². The highest BCUT2D eigenvalue weighted by molar-refractivity contribution is 7.98. The fourth-order valence-corrected chi connectivity index (χ4v) is 3.09. The highest BCUT2D eigenvalue weighted by Gasteiger charge is 2.19. The van der Waals surface area contributed by atoms with Gasteiger partial charge in [0.25, 0.3) is 5.56 Å². The van der Waals surface area contributed by atoms with Crippen LogP contribution in [0.15, 0.2) is 47.5 Å². The normalized spacial score (nSPS) is 12.2. The lowest BCUT2D eigenvalue weighted by Crippen LogP contribution is -2.26. The molecule has 1 aromatic carbocycles. The van der Waals surface area contributed by atoms with Crippen molar-refractivity contribution in [2.45, 2.75) is 12.5 Å². The van der Waals surface area contributed by atoms with E-state index >= 15 is 0 Å². The average molecular weight is 357 g/mol. The van der Waals surface area contributed by atoms with E-state index in [1.54, 1.807) is 37.0 Å². The van der Waals surface area contributed by atoms with Crippen LogP contribution in [-0.2, 0) is 11.8 Å². The number of thioether (sulfide) groups is 1. The maximum atomic E-state index is 12.8. The van der Waals surface area contributed by atoms with E-state index in [2.05, 4.69) is 15.6 Å². The van der Waals surface area contributed by atoms with Gasteiger partial charge >= 0.3 is 0 Å². The third-order valence-corrected chi connectivity index (χ3v) is 4.60. The number of nitrogens with zero attached hydrogens (tertiary/aromatic N) is 4. The zero-order valence-electron chi connectivity index (χ0n) is 14.0. The summed E-state index contributed by atoms with van der Waals surface area (Å²) in [6.45, 7) is 0. The Morgan fingerprint density at radius 3 is 2.80 bits per heavy atom. The summed E-state index contributed by atoms with van der Waals surface area (Å²) in [7, 11) is 1.55. The van der Waals surface area contributed by atoms with Crippen LogP contribution in [0.5, 0.6) is 0 Å². The molecule has 0 saturated heterocycles. The molecule has 130 valence electrons. The van der Waals surface area contributed by atoms with Gasteiger partial charge < -0.3 is 9.88 Å². The van der Waals surface area contributed by atoms with Crippen LogP contribution in [0.2, 0.25) is 0 Å². The number of hydrogen-bond acceptors (Lipinski definition) is 5. The molecule has 1 amide bonds. The van der Waals surface area contributed by atoms with Crippen molar-refractivity contribution in [2.24, 2.45) is 7.05 Å². The van der Waals surface area contributed by atoms with Crippen LogP contribution in [0.25, 0.3) is 10.9 Å². The Morgan fingerprint density at radius 1 is 1.32 bits per heavy atom. The number of aromatic nitrogens is 4. The summed E-state index contributed by atoms with van der Waals surface area (Å²) >= 11 is 1.70. The summed E-state index contributed by atoms with van der Waals surface area (Å²) in [6.07, 6.45) is 6.51. The van der Waals surface area contributed by atoms with Gasteiger partial charge in [0.15, 0.2) is 0 Å². The predicted octanol–water partition coefficient (Wildman–Crippen LogP) is 2.06. The molecule has 1 atom stereocenters. The zero-order chi connectivity index (χ0) is 17.8. The molecular weight excluding hydrogens is 338 g/mol. The summed E-state index contributed by atoms with van der Waals surface area (Å²) in [5.41, 5.74) is 0.833. The standard InChI is InChI=1S/C17H19N5O2S/c1-21-17(24)13-11-12(5-6-14(13)19-20-21)18-16(23)15(7-10-25-2)22-8-3-4-9-22/h3-6,8-9,11,15H,7,10H2,1-2H3,(H,18,23)/t15-/m0/s1. The second-order valence-corrected chi connectivity index (χ2v) is 6.65. The van der Waals surface area contributed by atoms with Crippen LogP contribution in [0, 0.1) is 0 Å². The van der Waals surface area contributed by atoms with E-state index < -0.39 is 0 Å². The quantitative estimate of drug-likeness (QED) is 0.730. The number of aryl methyl sites for hydroxylation is 1. The molecule has 0 aliphatic carbocycles. The number of rotatable bonds is 6. The molecule has 0 aliphatic rings. The Labute approximate surface area is 149 Å². The monoisotopic (exact) mass is 357 g/mol. The minimum Gasteiger partial charge on any atom is -0.342 e. The SMILES string of the molecule is CSCC[C@@H](C(=O)Nc1ccc2nnn(C)c(=O)c2c1)n1cccc1. The van der Waals surface area contributed by atoms with E-state index in [9.17, 15) is 9.59 Å². The molecule has 0 bridgehead atoms. The summed E-state index contributed by atoms with van der Waals surface area (Å²) in [4.78, 5) is 24.9. The van der Waals surface area contributed by atoms with Crippen molar-refractivity contribution in [3.8, 4) is 0 Å². The summed E-state index contributed by atoms with van der Waals surface area (Å²) in [5, 5.41) is 11.1. The van der Waals surface area contributed by atoms with E-state index in [-0.39, 0.29) is 17.5 Å². The smallest absolute Gasteiger partial charge is 0.277 e. The predicted molar refractivity (Wildman–Crippen MR) is 99.9 cm³/mol. The summed E-state index contributed by atoms with van der Waals surface area (Å²) in [6, 6.07) is 8.57. The van der Waals surface area contributed by atoms with Crippen LogP contribution >= 0.6 is 11.8 Å². The molecular formula is C17H19N5O2S. The van der Waals surface area contributed by atoms with Crippen LogP contribution in [0.3, 0.4) is 0 Å². The van der Waals surface area contributed by atoms with Crippen molar-refractivity contribution in [3.05, 3.63) is 53.1 Å². The van der Waals surface area contributed by atoms with Gasteiger partial charge in [0, 0.05) is 25.1 Å². The Kier molecular flexibility index (Phi) is 5.18. The number of fused-ring (bicyclic) bond motifs is 1. The number of benzene rings is 1. The number of anilines is 1. The minimum atomic E-state index is -0.295. The van der Waals surface area contributed by atoms with Crippen molar-refractivity contribution >= 4 is 34.3 Å². The molecule has 8 heteroatoms. The lowest BCUT2D eigenvalue weighted by molar-refractivity contribution is -0.119. The van der Waals surface area contributed by atoms with Gasteiger partial charge in [0.05, 0.1) is 5.39 Å². The minimum absolute atomic E-state index is 0.108. The molecule has 3 aromatic rings. The van der Waals surface area contributed by atoms with Crippen LogP contribution in [-0.4, -0.2) is 37.5 Å².